The zero-order valence-corrected chi connectivity index (χ0v) is 29.2. The number of rotatable bonds is 5. The Bertz CT molecular complexity index is 1420. The Hall–Kier alpha value is -2.59. The van der Waals surface area contributed by atoms with Crippen molar-refractivity contribution in [2.75, 3.05) is 13.2 Å². The zero-order chi connectivity index (χ0) is 34.1. The molecular weight excluding hydrogens is 608 g/mol. The lowest BCUT2D eigenvalue weighted by molar-refractivity contribution is -0.335. The fourth-order valence-corrected chi connectivity index (χ4v) is 8.40. The molecule has 0 unspecified atom stereocenters. The Morgan fingerprint density at radius 3 is 2.62 bits per heavy atom. The monoisotopic (exact) mass is 662 g/mol. The second kappa shape index (κ2) is 14.7. The van der Waals surface area contributed by atoms with Crippen LogP contribution in [0.25, 0.3) is 0 Å². The molecule has 262 valence electrons. The quantitative estimate of drug-likeness (QED) is 0.286. The first-order valence-corrected chi connectivity index (χ1v) is 18.0. The van der Waals surface area contributed by atoms with E-state index in [1.807, 2.05) is 30.4 Å². The lowest BCUT2D eigenvalue weighted by Crippen LogP contribution is -2.58. The van der Waals surface area contributed by atoms with Gasteiger partial charge in [0.15, 0.2) is 5.79 Å². The normalized spacial score (nSPS) is 43.3. The van der Waals surface area contributed by atoms with E-state index in [-0.39, 0.29) is 30.8 Å². The van der Waals surface area contributed by atoms with E-state index in [4.69, 9.17) is 23.7 Å². The van der Waals surface area contributed by atoms with Gasteiger partial charge in [-0.25, -0.2) is 0 Å². The molecule has 0 aromatic heterocycles. The van der Waals surface area contributed by atoms with Crippen LogP contribution in [-0.2, 0) is 34.9 Å². The Labute approximate surface area is 285 Å². The number of aliphatic hydroxyl groups excluding tert-OH is 1. The molecule has 0 radical (unpaired) electrons. The summed E-state index contributed by atoms with van der Waals surface area (Å²) in [5, 5.41) is 23.3. The van der Waals surface area contributed by atoms with E-state index in [1.54, 1.807) is 13.0 Å². The third-order valence-electron chi connectivity index (χ3n) is 11.3. The summed E-state index contributed by atoms with van der Waals surface area (Å²) in [4.78, 5) is 14.1. The number of esters is 1. The smallest absolute Gasteiger partial charge is 0.316 e. The molecule has 8 heteroatoms. The third-order valence-corrected chi connectivity index (χ3v) is 11.3. The molecule has 1 spiro atoms. The van der Waals surface area contributed by atoms with E-state index in [2.05, 4.69) is 52.0 Å². The maximum absolute atomic E-state index is 14.1. The predicted octanol–water partition coefficient (Wildman–Crippen LogP) is 6.16. The summed E-state index contributed by atoms with van der Waals surface area (Å²) in [6, 6.07) is 10.3. The van der Waals surface area contributed by atoms with E-state index < -0.39 is 41.6 Å². The summed E-state index contributed by atoms with van der Waals surface area (Å²) in [6.07, 6.45) is 11.8. The van der Waals surface area contributed by atoms with Crippen molar-refractivity contribution in [1.82, 2.24) is 0 Å². The number of ether oxygens (including phenoxy) is 5. The third kappa shape index (κ3) is 7.16. The molecule has 1 aromatic carbocycles. The highest BCUT2D eigenvalue weighted by molar-refractivity contribution is 5.78. The van der Waals surface area contributed by atoms with Crippen molar-refractivity contribution in [3.8, 4) is 0 Å². The molecule has 1 aromatic rings. The van der Waals surface area contributed by atoms with Gasteiger partial charge >= 0.3 is 5.97 Å². The minimum atomic E-state index is -1.74. The fraction of sp³-hybridized carbons (Fsp3) is 0.625. The highest BCUT2D eigenvalue weighted by Crippen LogP contribution is 2.47. The topological polar surface area (TPSA) is 104 Å². The molecule has 48 heavy (non-hydrogen) atoms. The summed E-state index contributed by atoms with van der Waals surface area (Å²) >= 11 is 0. The molecule has 8 nitrogen and oxygen atoms in total. The van der Waals surface area contributed by atoms with Crippen LogP contribution < -0.4 is 0 Å². The van der Waals surface area contributed by atoms with Gasteiger partial charge in [0.25, 0.3) is 0 Å². The number of carbonyl (C=O) groups excluding carboxylic acids is 1. The van der Waals surface area contributed by atoms with Crippen LogP contribution in [0.1, 0.15) is 78.7 Å². The molecule has 4 heterocycles. The van der Waals surface area contributed by atoms with Gasteiger partial charge in [0.2, 0.25) is 0 Å². The van der Waals surface area contributed by atoms with Crippen molar-refractivity contribution in [1.29, 1.82) is 0 Å². The van der Waals surface area contributed by atoms with Crippen LogP contribution in [0.3, 0.4) is 0 Å². The van der Waals surface area contributed by atoms with Crippen LogP contribution in [-0.4, -0.2) is 77.4 Å². The average molecular weight is 663 g/mol. The molecule has 3 fully saturated rings. The maximum Gasteiger partial charge on any atom is 0.316 e. The Kier molecular flexibility index (Phi) is 10.8. The second-order valence-corrected chi connectivity index (χ2v) is 14.8. The standard InChI is InChI=1S/C40H54O8/c1-6-34-25(2)17-19-39(48-34)23-32-22-31(47-39)16-15-27(4)36(44-20-18-29-12-8-7-9-13-29)26(3)11-10-14-30-24-45-37-35(41)28(5)21-33(38(42)46-32)40(30,37)43/h7-15,21,25-26,31-37,41,43H,6,16-20,22-24H2,1-5H3/b11-10+,27-15+,30-14+/t25-,26-,31+,32-,33-,34+,35+,36+,37-,39+,40+/m0/s1. The average Bonchev–Trinajstić information content (AvgIpc) is 3.41. The molecule has 2 N–H and O–H groups in total. The number of benzene rings is 1. The molecule has 2 bridgehead atoms. The van der Waals surface area contributed by atoms with E-state index in [1.165, 1.54) is 5.56 Å². The number of hydrogen-bond donors (Lipinski definition) is 2. The van der Waals surface area contributed by atoms with Crippen molar-refractivity contribution in [2.45, 2.75) is 128 Å². The van der Waals surface area contributed by atoms with Crippen LogP contribution >= 0.6 is 0 Å². The minimum absolute atomic E-state index is 0.00855. The summed E-state index contributed by atoms with van der Waals surface area (Å²) in [5.41, 5.74) is 1.72. The number of fused-ring (bicyclic) bond motifs is 2. The van der Waals surface area contributed by atoms with Crippen LogP contribution in [0.5, 0.6) is 0 Å². The van der Waals surface area contributed by atoms with Gasteiger partial charge in [-0.15, -0.1) is 0 Å². The summed E-state index contributed by atoms with van der Waals surface area (Å²) in [7, 11) is 0. The molecule has 5 aliphatic rings. The number of allylic oxidation sites excluding steroid dienone is 2. The molecule has 6 rings (SSSR count). The van der Waals surface area contributed by atoms with Crippen LogP contribution in [0, 0.1) is 17.8 Å². The summed E-state index contributed by atoms with van der Waals surface area (Å²) < 4.78 is 32.4. The zero-order valence-electron chi connectivity index (χ0n) is 29.2. The van der Waals surface area contributed by atoms with E-state index >= 15 is 0 Å². The Morgan fingerprint density at radius 1 is 1.06 bits per heavy atom. The SMILES string of the molecule is CC[C@H]1O[C@]2(CC[C@@H]1C)C[C@@H]1C[C@@H](C/C=C(\C)[C@H](OCCc3ccccc3)[C@@H](C)/C=C/C=C3\CO[C@H]4[C@H](O)C(C)=C[C@@H](C(=O)O1)[C@]34O)O2. The van der Waals surface area contributed by atoms with Crippen LogP contribution in [0.2, 0.25) is 0 Å². The highest BCUT2D eigenvalue weighted by atomic mass is 16.7. The van der Waals surface area contributed by atoms with Gasteiger partial charge in [-0.1, -0.05) is 81.5 Å². The molecule has 0 amide bonds. The largest absolute Gasteiger partial charge is 0.462 e. The van der Waals surface area contributed by atoms with Gasteiger partial charge in [0, 0.05) is 25.2 Å². The molecule has 1 aliphatic carbocycles. The first-order valence-electron chi connectivity index (χ1n) is 18.0. The van der Waals surface area contributed by atoms with E-state index in [0.717, 1.165) is 31.3 Å². The van der Waals surface area contributed by atoms with Crippen LogP contribution in [0.15, 0.2) is 77.4 Å². The highest BCUT2D eigenvalue weighted by Gasteiger charge is 2.60. The molecule has 4 aliphatic heterocycles. The maximum atomic E-state index is 14.1. The Balaban J connectivity index is 1.35. The van der Waals surface area contributed by atoms with Gasteiger partial charge in [0.1, 0.15) is 29.8 Å². The molecule has 11 atom stereocenters. The lowest BCUT2D eigenvalue weighted by Gasteiger charge is -2.50. The first-order chi connectivity index (χ1) is 23.0. The van der Waals surface area contributed by atoms with Crippen molar-refractivity contribution in [3.63, 3.8) is 0 Å². The number of aliphatic hydroxyl groups is 2. The van der Waals surface area contributed by atoms with Gasteiger partial charge < -0.3 is 33.9 Å². The van der Waals surface area contributed by atoms with Gasteiger partial charge in [-0.2, -0.15) is 0 Å². The Morgan fingerprint density at radius 2 is 1.85 bits per heavy atom. The fourth-order valence-electron chi connectivity index (χ4n) is 8.40. The van der Waals surface area contributed by atoms with Crippen molar-refractivity contribution < 1.29 is 38.7 Å². The van der Waals surface area contributed by atoms with Crippen LogP contribution in [0.4, 0.5) is 0 Å². The summed E-state index contributed by atoms with van der Waals surface area (Å²) in [6.45, 7) is 11.0. The molecular formula is C40H54O8. The number of hydrogen-bond acceptors (Lipinski definition) is 8. The van der Waals surface area contributed by atoms with Gasteiger partial charge in [0.05, 0.1) is 31.5 Å². The predicted molar refractivity (Wildman–Crippen MR) is 183 cm³/mol. The van der Waals surface area contributed by atoms with Crippen molar-refractivity contribution >= 4 is 5.97 Å². The van der Waals surface area contributed by atoms with E-state index in [9.17, 15) is 15.0 Å². The second-order valence-electron chi connectivity index (χ2n) is 14.8. The summed E-state index contributed by atoms with van der Waals surface area (Å²) in [5.74, 6) is -1.96. The molecule has 3 saturated heterocycles. The first kappa shape index (κ1) is 35.2. The lowest BCUT2D eigenvalue weighted by atomic mass is 9.71. The van der Waals surface area contributed by atoms with Gasteiger partial charge in [-0.3, -0.25) is 4.79 Å². The number of carbonyl (C=O) groups is 1. The van der Waals surface area contributed by atoms with Gasteiger partial charge in [-0.05, 0) is 67.7 Å². The van der Waals surface area contributed by atoms with Crippen molar-refractivity contribution in [2.24, 2.45) is 17.8 Å². The minimum Gasteiger partial charge on any atom is -0.462 e. The van der Waals surface area contributed by atoms with E-state index in [0.29, 0.717) is 42.9 Å². The molecule has 0 saturated carbocycles. The van der Waals surface area contributed by atoms with Crippen molar-refractivity contribution in [3.05, 3.63) is 83.0 Å².